The van der Waals surface area contributed by atoms with Crippen LogP contribution in [-0.2, 0) is 27.2 Å². The van der Waals surface area contributed by atoms with E-state index in [0.29, 0.717) is 52.6 Å². The van der Waals surface area contributed by atoms with Crippen LogP contribution in [-0.4, -0.2) is 79.5 Å². The van der Waals surface area contributed by atoms with E-state index in [1.807, 2.05) is 24.4 Å². The van der Waals surface area contributed by atoms with Gasteiger partial charge in [0.25, 0.3) is 0 Å². The topological polar surface area (TPSA) is 267 Å². The molecule has 3 rings (SSSR count). The first-order valence-corrected chi connectivity index (χ1v) is 18.2. The molecule has 0 aliphatic heterocycles. The summed E-state index contributed by atoms with van der Waals surface area (Å²) in [7, 11) is 1.54. The first kappa shape index (κ1) is 40.6. The van der Waals surface area contributed by atoms with E-state index in [0.717, 1.165) is 20.9 Å². The van der Waals surface area contributed by atoms with Gasteiger partial charge in [0.1, 0.15) is 17.8 Å². The number of benzene rings is 2. The van der Waals surface area contributed by atoms with E-state index in [9.17, 15) is 14.4 Å². The maximum absolute atomic E-state index is 13.9. The van der Waals surface area contributed by atoms with Crippen LogP contribution >= 0.6 is 47.8 Å². The molecule has 0 spiro atoms. The molecule has 0 unspecified atom stereocenters. The molecule has 3 amide bonds. The van der Waals surface area contributed by atoms with Crippen LogP contribution in [0.3, 0.4) is 0 Å². The molecule has 1 aromatic heterocycles. The van der Waals surface area contributed by atoms with E-state index >= 15 is 0 Å². The Morgan fingerprint density at radius 1 is 0.860 bits per heavy atom. The molecule has 2 aromatic carbocycles. The molecule has 14 N–H and O–H groups in total. The van der Waals surface area contributed by atoms with Crippen molar-refractivity contribution in [2.75, 3.05) is 26.7 Å². The Kier molecular flexibility index (Phi) is 16.3. The SMILES string of the molecule is COc1c(Br)cc(C[C@H](NC(=O)[C@@H](N)CCCN=C(N)N)C(=O)N[C@@H](CCCN=C(N)N)C(=O)NCCc2c[nH]c3cc(Br)ccc23)cc1Br. The molecule has 0 radical (unpaired) electrons. The average molecular weight is 886 g/mol. The summed E-state index contributed by atoms with van der Waals surface area (Å²) < 4.78 is 7.65. The van der Waals surface area contributed by atoms with Crippen molar-refractivity contribution in [2.24, 2.45) is 38.7 Å². The molecule has 1 heterocycles. The summed E-state index contributed by atoms with van der Waals surface area (Å²) in [5, 5.41) is 9.61. The van der Waals surface area contributed by atoms with Crippen molar-refractivity contribution in [3.8, 4) is 5.75 Å². The summed E-state index contributed by atoms with van der Waals surface area (Å²) in [5.74, 6) is -1.06. The molecular formula is C32H44Br3N11O4. The number of aromatic nitrogens is 1. The molecule has 0 aliphatic carbocycles. The van der Waals surface area contributed by atoms with Crippen LogP contribution in [0.5, 0.6) is 5.75 Å². The lowest BCUT2D eigenvalue weighted by Crippen LogP contribution is -2.56. The third-order valence-electron chi connectivity index (χ3n) is 7.64. The Morgan fingerprint density at radius 3 is 2.10 bits per heavy atom. The molecule has 0 bridgehead atoms. The van der Waals surface area contributed by atoms with Gasteiger partial charge in [-0.05, 0) is 99.4 Å². The van der Waals surface area contributed by atoms with Crippen LogP contribution in [0.2, 0.25) is 0 Å². The van der Waals surface area contributed by atoms with Gasteiger partial charge in [-0.2, -0.15) is 0 Å². The number of methoxy groups -OCH3 is 1. The van der Waals surface area contributed by atoms with Crippen LogP contribution in [0, 0.1) is 0 Å². The Hall–Kier alpha value is -3.87. The Balaban J connectivity index is 1.78. The van der Waals surface area contributed by atoms with Crippen molar-refractivity contribution in [2.45, 2.75) is 56.7 Å². The van der Waals surface area contributed by atoms with Gasteiger partial charge in [0, 0.05) is 47.6 Å². The Morgan fingerprint density at radius 2 is 1.48 bits per heavy atom. The first-order chi connectivity index (χ1) is 23.8. The van der Waals surface area contributed by atoms with E-state index in [4.69, 9.17) is 33.4 Å². The van der Waals surface area contributed by atoms with E-state index in [1.165, 1.54) is 7.11 Å². The summed E-state index contributed by atoms with van der Waals surface area (Å²) in [5.41, 5.74) is 30.6. The fraction of sp³-hybridized carbons (Fsp3) is 0.406. The average Bonchev–Trinajstić information content (AvgIpc) is 3.45. The second-order valence-electron chi connectivity index (χ2n) is 11.5. The number of halogens is 3. The lowest BCUT2D eigenvalue weighted by atomic mass is 10.0. The van der Waals surface area contributed by atoms with Crippen molar-refractivity contribution in [1.29, 1.82) is 0 Å². The number of aromatic amines is 1. The molecule has 3 atom stereocenters. The van der Waals surface area contributed by atoms with Crippen LogP contribution < -0.4 is 49.4 Å². The van der Waals surface area contributed by atoms with Gasteiger partial charge >= 0.3 is 0 Å². The first-order valence-electron chi connectivity index (χ1n) is 15.8. The van der Waals surface area contributed by atoms with Gasteiger partial charge in [-0.1, -0.05) is 22.0 Å². The molecular weight excluding hydrogens is 842 g/mol. The monoisotopic (exact) mass is 883 g/mol. The zero-order chi connectivity index (χ0) is 36.8. The van der Waals surface area contributed by atoms with E-state index in [2.05, 4.69) is 78.7 Å². The number of ether oxygens (including phenoxy) is 1. The number of hydrogen-bond acceptors (Lipinski definition) is 7. The predicted molar refractivity (Wildman–Crippen MR) is 206 cm³/mol. The van der Waals surface area contributed by atoms with Gasteiger partial charge in [0.15, 0.2) is 11.9 Å². The summed E-state index contributed by atoms with van der Waals surface area (Å²) in [6.45, 7) is 0.885. The zero-order valence-electron chi connectivity index (χ0n) is 27.6. The van der Waals surface area contributed by atoms with Gasteiger partial charge in [0.05, 0.1) is 22.1 Å². The highest BCUT2D eigenvalue weighted by Crippen LogP contribution is 2.34. The molecule has 18 heteroatoms. The maximum Gasteiger partial charge on any atom is 0.243 e. The maximum atomic E-state index is 13.9. The molecule has 0 saturated heterocycles. The van der Waals surface area contributed by atoms with Crippen molar-refractivity contribution in [3.63, 3.8) is 0 Å². The summed E-state index contributed by atoms with van der Waals surface area (Å²) in [6.07, 6.45) is 3.92. The molecule has 0 aliphatic rings. The number of carbonyl (C=O) groups excluding carboxylic acids is 3. The Bertz CT molecular complexity index is 1670. The molecule has 3 aromatic rings. The minimum absolute atomic E-state index is 0.0557. The molecule has 0 saturated carbocycles. The highest BCUT2D eigenvalue weighted by Gasteiger charge is 2.29. The molecule has 272 valence electrons. The number of rotatable bonds is 19. The van der Waals surface area contributed by atoms with Gasteiger partial charge in [-0.3, -0.25) is 24.4 Å². The fourth-order valence-corrected chi connectivity index (χ4v) is 7.12. The normalized spacial score (nSPS) is 12.7. The van der Waals surface area contributed by atoms with Crippen LogP contribution in [0.4, 0.5) is 0 Å². The third kappa shape index (κ3) is 12.8. The number of nitrogens with zero attached hydrogens (tertiary/aromatic N) is 2. The number of guanidine groups is 2. The quantitative estimate of drug-likeness (QED) is 0.0482. The molecule has 15 nitrogen and oxygen atoms in total. The smallest absolute Gasteiger partial charge is 0.243 e. The largest absolute Gasteiger partial charge is 0.494 e. The lowest BCUT2D eigenvalue weighted by Gasteiger charge is -2.24. The third-order valence-corrected chi connectivity index (χ3v) is 9.31. The summed E-state index contributed by atoms with van der Waals surface area (Å²) in [4.78, 5) is 51.8. The van der Waals surface area contributed by atoms with E-state index in [1.54, 1.807) is 12.1 Å². The van der Waals surface area contributed by atoms with Crippen LogP contribution in [0.15, 0.2) is 59.9 Å². The second kappa shape index (κ2) is 20.1. The second-order valence-corrected chi connectivity index (χ2v) is 14.1. The number of amides is 3. The predicted octanol–water partition coefficient (Wildman–Crippen LogP) is 1.77. The van der Waals surface area contributed by atoms with Gasteiger partial charge in [-0.15, -0.1) is 0 Å². The van der Waals surface area contributed by atoms with Crippen molar-refractivity contribution in [1.82, 2.24) is 20.9 Å². The van der Waals surface area contributed by atoms with E-state index in [-0.39, 0.29) is 43.6 Å². The standard InChI is InChI=1S/C32H44Br3N11O4/c1-50-27-21(34)12-17(13-22(27)35)14-26(46-28(47)23(36)4-2-9-42-31(37)38)30(49)45-24(5-3-10-43-32(39)40)29(48)41-11-8-18-16-44-25-15-19(33)6-7-20(18)25/h6-7,12-13,15-16,23-24,26,44H,2-5,8-11,14,36H2,1H3,(H,41,48)(H,45,49)(H,46,47)(H4,37,38,42)(H4,39,40,43)/t23-,24-,26-/m0/s1. The van der Waals surface area contributed by atoms with Crippen LogP contribution in [0.1, 0.15) is 36.8 Å². The number of H-pyrrole nitrogens is 1. The minimum atomic E-state index is -1.09. The van der Waals surface area contributed by atoms with Crippen LogP contribution in [0.25, 0.3) is 10.9 Å². The van der Waals surface area contributed by atoms with Crippen molar-refractivity contribution in [3.05, 3.63) is 61.1 Å². The number of nitrogens with one attached hydrogen (secondary N) is 4. The number of aliphatic imine (C=N–C) groups is 2. The highest BCUT2D eigenvalue weighted by molar-refractivity contribution is 9.11. The minimum Gasteiger partial charge on any atom is -0.494 e. The summed E-state index contributed by atoms with van der Waals surface area (Å²) in [6, 6.07) is 6.55. The van der Waals surface area contributed by atoms with Gasteiger partial charge in [0.2, 0.25) is 17.7 Å². The molecule has 0 fully saturated rings. The molecule has 50 heavy (non-hydrogen) atoms. The number of nitrogens with two attached hydrogens (primary N) is 5. The number of fused-ring (bicyclic) bond motifs is 1. The highest BCUT2D eigenvalue weighted by atomic mass is 79.9. The number of hydrogen-bond donors (Lipinski definition) is 9. The van der Waals surface area contributed by atoms with Gasteiger partial charge < -0.3 is 54.3 Å². The van der Waals surface area contributed by atoms with Crippen molar-refractivity contribution >= 4 is 88.3 Å². The Labute approximate surface area is 315 Å². The summed E-state index contributed by atoms with van der Waals surface area (Å²) >= 11 is 10.5. The van der Waals surface area contributed by atoms with Gasteiger partial charge in [-0.25, -0.2) is 0 Å². The van der Waals surface area contributed by atoms with Crippen molar-refractivity contribution < 1.29 is 19.1 Å². The zero-order valence-corrected chi connectivity index (χ0v) is 32.4. The lowest BCUT2D eigenvalue weighted by molar-refractivity contribution is -0.132. The van der Waals surface area contributed by atoms with E-state index < -0.39 is 29.9 Å². The number of carbonyl (C=O) groups is 3. The fourth-order valence-electron chi connectivity index (χ4n) is 5.15.